The van der Waals surface area contributed by atoms with Gasteiger partial charge in [0.05, 0.1) is 17.8 Å². The molecule has 1 aliphatic heterocycles. The molecule has 0 unspecified atom stereocenters. The molecule has 0 radical (unpaired) electrons. The van der Waals surface area contributed by atoms with E-state index in [0.717, 1.165) is 16.5 Å². The molecule has 4 rings (SSSR count). The van der Waals surface area contributed by atoms with Gasteiger partial charge < -0.3 is 5.32 Å². The van der Waals surface area contributed by atoms with Gasteiger partial charge in [-0.05, 0) is 36.5 Å². The Balaban J connectivity index is 1.52. The zero-order chi connectivity index (χ0) is 19.2. The predicted molar refractivity (Wildman–Crippen MR) is 89.5 cm³/mol. The highest BCUT2D eigenvalue weighted by atomic mass is 19.4. The van der Waals surface area contributed by atoms with Gasteiger partial charge in [-0.25, -0.2) is 4.79 Å². The first-order chi connectivity index (χ1) is 12.8. The van der Waals surface area contributed by atoms with Gasteiger partial charge in [0.15, 0.2) is 0 Å². The third kappa shape index (κ3) is 2.94. The Kier molecular flexibility index (Phi) is 3.94. The van der Waals surface area contributed by atoms with E-state index in [9.17, 15) is 22.8 Å². The summed E-state index contributed by atoms with van der Waals surface area (Å²) in [6.07, 6.45) is -2.51. The van der Waals surface area contributed by atoms with E-state index >= 15 is 0 Å². The van der Waals surface area contributed by atoms with Gasteiger partial charge in [-0.15, -0.1) is 0 Å². The van der Waals surface area contributed by atoms with Crippen LogP contribution < -0.4 is 5.32 Å². The summed E-state index contributed by atoms with van der Waals surface area (Å²) in [6.45, 7) is -0.502. The van der Waals surface area contributed by atoms with E-state index in [1.807, 2.05) is 30.3 Å². The number of amides is 3. The van der Waals surface area contributed by atoms with Crippen molar-refractivity contribution >= 4 is 11.9 Å². The molecule has 1 N–H and O–H groups in total. The lowest BCUT2D eigenvalue weighted by Gasteiger charge is -2.42. The van der Waals surface area contributed by atoms with Crippen LogP contribution in [0.25, 0.3) is 0 Å². The van der Waals surface area contributed by atoms with Crippen LogP contribution in [-0.4, -0.2) is 27.4 Å². The van der Waals surface area contributed by atoms with Gasteiger partial charge in [0.2, 0.25) is 0 Å². The highest BCUT2D eigenvalue weighted by molar-refractivity contribution is 6.07. The second-order valence-electron chi connectivity index (χ2n) is 6.91. The number of halogens is 3. The van der Waals surface area contributed by atoms with E-state index in [1.54, 1.807) is 0 Å². The molecule has 5 nitrogen and oxygen atoms in total. The number of pyridine rings is 1. The highest BCUT2D eigenvalue weighted by Crippen LogP contribution is 2.48. The molecule has 1 aliphatic carbocycles. The molecule has 2 aromatic rings. The number of urea groups is 1. The third-order valence-corrected chi connectivity index (χ3v) is 5.21. The highest BCUT2D eigenvalue weighted by Gasteiger charge is 2.59. The summed E-state index contributed by atoms with van der Waals surface area (Å²) in [5.41, 5.74) is -1.23. The second kappa shape index (κ2) is 6.07. The van der Waals surface area contributed by atoms with Crippen LogP contribution in [-0.2, 0) is 17.5 Å². The molecule has 2 aliphatic rings. The lowest BCUT2D eigenvalue weighted by molar-refractivity contribution is -0.140. The Morgan fingerprint density at radius 3 is 2.48 bits per heavy atom. The van der Waals surface area contributed by atoms with Gasteiger partial charge in [0.25, 0.3) is 5.91 Å². The van der Waals surface area contributed by atoms with Gasteiger partial charge in [0.1, 0.15) is 5.54 Å². The van der Waals surface area contributed by atoms with Crippen molar-refractivity contribution in [3.63, 3.8) is 0 Å². The molecule has 2 heterocycles. The minimum atomic E-state index is -4.60. The van der Waals surface area contributed by atoms with Crippen LogP contribution in [0.1, 0.15) is 35.6 Å². The first kappa shape index (κ1) is 17.5. The number of benzene rings is 1. The van der Waals surface area contributed by atoms with E-state index < -0.39 is 35.8 Å². The SMILES string of the molecule is O=C1NC2(CC(c3ccccc3)C2)C(=O)N1Cc1ncccc1C(F)(F)F. The van der Waals surface area contributed by atoms with Crippen molar-refractivity contribution < 1.29 is 22.8 Å². The molecule has 27 heavy (non-hydrogen) atoms. The smallest absolute Gasteiger partial charge is 0.323 e. The molecule has 0 bridgehead atoms. The summed E-state index contributed by atoms with van der Waals surface area (Å²) >= 11 is 0. The maximum absolute atomic E-state index is 13.1. The number of rotatable bonds is 3. The fourth-order valence-corrected chi connectivity index (χ4v) is 3.81. The average Bonchev–Trinajstić information content (AvgIpc) is 2.86. The van der Waals surface area contributed by atoms with Crippen LogP contribution in [0.4, 0.5) is 18.0 Å². The van der Waals surface area contributed by atoms with Gasteiger partial charge >= 0.3 is 12.2 Å². The van der Waals surface area contributed by atoms with Crippen LogP contribution in [0.2, 0.25) is 0 Å². The number of hydrogen-bond donors (Lipinski definition) is 1. The van der Waals surface area contributed by atoms with Crippen molar-refractivity contribution in [1.82, 2.24) is 15.2 Å². The summed E-state index contributed by atoms with van der Waals surface area (Å²) in [5.74, 6) is -0.352. The van der Waals surface area contributed by atoms with Crippen molar-refractivity contribution in [2.24, 2.45) is 0 Å². The number of carbonyl (C=O) groups excluding carboxylic acids is 2. The number of aromatic nitrogens is 1. The Morgan fingerprint density at radius 1 is 1.11 bits per heavy atom. The number of alkyl halides is 3. The van der Waals surface area contributed by atoms with Gasteiger partial charge in [-0.3, -0.25) is 14.7 Å². The quantitative estimate of drug-likeness (QED) is 0.836. The molecule has 1 aromatic carbocycles. The number of nitrogens with one attached hydrogen (secondary N) is 1. The lowest BCUT2D eigenvalue weighted by Crippen LogP contribution is -2.56. The number of imide groups is 1. The van der Waals surface area contributed by atoms with Crippen molar-refractivity contribution in [1.29, 1.82) is 0 Å². The first-order valence-electron chi connectivity index (χ1n) is 8.50. The second-order valence-corrected chi connectivity index (χ2v) is 6.91. The van der Waals surface area contributed by atoms with Crippen molar-refractivity contribution in [3.05, 3.63) is 65.5 Å². The Labute approximate surface area is 153 Å². The topological polar surface area (TPSA) is 62.3 Å². The molecular formula is C19H16F3N3O2. The van der Waals surface area contributed by atoms with Crippen molar-refractivity contribution in [2.45, 2.75) is 37.0 Å². The summed E-state index contributed by atoms with van der Waals surface area (Å²) in [4.78, 5) is 29.7. The summed E-state index contributed by atoms with van der Waals surface area (Å²) in [7, 11) is 0. The van der Waals surface area contributed by atoms with E-state index in [4.69, 9.17) is 0 Å². The first-order valence-corrected chi connectivity index (χ1v) is 8.50. The number of hydrogen-bond acceptors (Lipinski definition) is 3. The van der Waals surface area contributed by atoms with E-state index in [0.29, 0.717) is 12.8 Å². The molecule has 8 heteroatoms. The standard InChI is InChI=1S/C19H16F3N3O2/c20-19(21,22)14-7-4-8-23-15(14)11-25-16(26)18(24-17(25)27)9-13(10-18)12-5-2-1-3-6-12/h1-8,13H,9-11H2,(H,24,27). The molecule has 1 spiro atoms. The van der Waals surface area contributed by atoms with Gasteiger partial charge in [-0.2, -0.15) is 13.2 Å². The van der Waals surface area contributed by atoms with Crippen LogP contribution >= 0.6 is 0 Å². The van der Waals surface area contributed by atoms with Gasteiger partial charge in [-0.1, -0.05) is 30.3 Å². The molecule has 2 fully saturated rings. The fourth-order valence-electron chi connectivity index (χ4n) is 3.81. The molecular weight excluding hydrogens is 359 g/mol. The Morgan fingerprint density at radius 2 is 1.81 bits per heavy atom. The van der Waals surface area contributed by atoms with Gasteiger partial charge in [0, 0.05) is 6.20 Å². The summed E-state index contributed by atoms with van der Waals surface area (Å²) in [6, 6.07) is 11.0. The maximum atomic E-state index is 13.1. The third-order valence-electron chi connectivity index (χ3n) is 5.21. The lowest BCUT2D eigenvalue weighted by atomic mass is 9.65. The predicted octanol–water partition coefficient (Wildman–Crippen LogP) is 3.47. The molecule has 3 amide bonds. The average molecular weight is 375 g/mol. The zero-order valence-electron chi connectivity index (χ0n) is 14.2. The summed E-state index contributed by atoms with van der Waals surface area (Å²) in [5, 5.41) is 2.67. The van der Waals surface area contributed by atoms with Crippen LogP contribution in [0.3, 0.4) is 0 Å². The monoisotopic (exact) mass is 375 g/mol. The van der Waals surface area contributed by atoms with E-state index in [1.165, 1.54) is 12.3 Å². The normalized spacial score (nSPS) is 24.9. The number of nitrogens with zero attached hydrogens (tertiary/aromatic N) is 2. The minimum absolute atomic E-state index is 0.135. The van der Waals surface area contributed by atoms with Crippen LogP contribution in [0.15, 0.2) is 48.7 Å². The minimum Gasteiger partial charge on any atom is -0.323 e. The Bertz CT molecular complexity index is 893. The van der Waals surface area contributed by atoms with E-state index in [-0.39, 0.29) is 11.6 Å². The molecule has 1 saturated heterocycles. The molecule has 140 valence electrons. The molecule has 0 atom stereocenters. The maximum Gasteiger partial charge on any atom is 0.418 e. The molecule has 1 saturated carbocycles. The van der Waals surface area contributed by atoms with Crippen molar-refractivity contribution in [3.8, 4) is 0 Å². The van der Waals surface area contributed by atoms with E-state index in [2.05, 4.69) is 10.3 Å². The molecule has 1 aromatic heterocycles. The zero-order valence-corrected chi connectivity index (χ0v) is 14.2. The Hall–Kier alpha value is -2.90. The fraction of sp³-hybridized carbons (Fsp3) is 0.316. The number of carbonyl (C=O) groups is 2. The van der Waals surface area contributed by atoms with Crippen LogP contribution in [0.5, 0.6) is 0 Å². The summed E-state index contributed by atoms with van der Waals surface area (Å²) < 4.78 is 39.4. The largest absolute Gasteiger partial charge is 0.418 e. The van der Waals surface area contributed by atoms with Crippen molar-refractivity contribution in [2.75, 3.05) is 0 Å². The van der Waals surface area contributed by atoms with Crippen LogP contribution in [0, 0.1) is 0 Å².